The Bertz CT molecular complexity index is 1500. The topological polar surface area (TPSA) is 211 Å². The molecule has 6 rings (SSSR count). The minimum absolute atomic E-state index is 0.00225. The van der Waals surface area contributed by atoms with Gasteiger partial charge < -0.3 is 41.7 Å². The fourth-order valence-corrected chi connectivity index (χ4v) is 13.4. The molecular formula is C50H88N2O9. The Balaban J connectivity index is 0.000000269. The molecule has 14 atom stereocenters. The highest BCUT2D eigenvalue weighted by Crippen LogP contribution is 2.65. The lowest BCUT2D eigenvalue weighted by Crippen LogP contribution is -2.53. The van der Waals surface area contributed by atoms with E-state index in [0.717, 1.165) is 84.2 Å². The SMILES string of the molecule is C=C1CC[C@H]2[C@H](CN)[C@@H]([C@@]3(C)CC[C@H](O)C[C@@H]3CO)CC[C@]12C.C=C1CC[C@H]2[C@H](CNC(=O)C(C)C)[C@@H]([C@@]3(C)CC[C@H](O)C[C@@H]3CO)CC[C@]12C.CC(=O)O.CC(C)C(=O)O. The quantitative estimate of drug-likeness (QED) is 0.105. The average molecular weight is 861 g/mol. The summed E-state index contributed by atoms with van der Waals surface area (Å²) in [6.45, 7) is 28.3. The van der Waals surface area contributed by atoms with E-state index in [1.807, 2.05) is 13.8 Å². The third-order valence-electron chi connectivity index (χ3n) is 17.7. The smallest absolute Gasteiger partial charge is 0.305 e. The van der Waals surface area contributed by atoms with Crippen LogP contribution in [0, 0.1) is 80.8 Å². The zero-order chi connectivity index (χ0) is 46.2. The van der Waals surface area contributed by atoms with Crippen molar-refractivity contribution >= 4 is 17.8 Å². The van der Waals surface area contributed by atoms with Crippen molar-refractivity contribution in [3.05, 3.63) is 24.3 Å². The molecule has 0 radical (unpaired) electrons. The summed E-state index contributed by atoms with van der Waals surface area (Å²) in [7, 11) is 0. The van der Waals surface area contributed by atoms with Gasteiger partial charge in [-0.2, -0.15) is 0 Å². The summed E-state index contributed by atoms with van der Waals surface area (Å²) in [4.78, 5) is 31.0. The van der Waals surface area contributed by atoms with Gasteiger partial charge in [0.1, 0.15) is 0 Å². The van der Waals surface area contributed by atoms with Crippen molar-refractivity contribution in [3.8, 4) is 0 Å². The molecule has 0 unspecified atom stereocenters. The molecule has 11 heteroatoms. The minimum Gasteiger partial charge on any atom is -0.481 e. The lowest BCUT2D eigenvalue weighted by Gasteiger charge is -2.56. The first-order chi connectivity index (χ1) is 28.4. The predicted octanol–water partition coefficient (Wildman–Crippen LogP) is 7.84. The number of carboxylic acid groups (broad SMARTS) is 2. The van der Waals surface area contributed by atoms with Crippen LogP contribution >= 0.6 is 0 Å². The van der Waals surface area contributed by atoms with E-state index in [4.69, 9.17) is 20.7 Å². The summed E-state index contributed by atoms with van der Waals surface area (Å²) in [5.74, 6) is 1.85. The molecule has 0 aromatic rings. The number of nitrogens with one attached hydrogen (secondary N) is 1. The molecule has 6 saturated carbocycles. The lowest BCUT2D eigenvalue weighted by atomic mass is 9.49. The first-order valence-electron chi connectivity index (χ1n) is 23.7. The van der Waals surface area contributed by atoms with Crippen LogP contribution in [0.1, 0.15) is 152 Å². The number of aliphatic hydroxyl groups excluding tert-OH is 4. The normalized spacial score (nSPS) is 40.6. The third-order valence-corrected chi connectivity index (χ3v) is 17.7. The minimum atomic E-state index is -0.833. The summed E-state index contributed by atoms with van der Waals surface area (Å²) >= 11 is 0. The van der Waals surface area contributed by atoms with Crippen LogP contribution in [0.15, 0.2) is 24.3 Å². The first kappa shape index (κ1) is 53.0. The van der Waals surface area contributed by atoms with Crippen LogP contribution in [-0.4, -0.2) is 87.0 Å². The summed E-state index contributed by atoms with van der Waals surface area (Å²) in [6.07, 6.45) is 13.9. The molecular weight excluding hydrogens is 773 g/mol. The Morgan fingerprint density at radius 1 is 0.672 bits per heavy atom. The van der Waals surface area contributed by atoms with Gasteiger partial charge in [-0.15, -0.1) is 0 Å². The van der Waals surface area contributed by atoms with Gasteiger partial charge in [-0.25, -0.2) is 0 Å². The van der Waals surface area contributed by atoms with Crippen LogP contribution in [0.3, 0.4) is 0 Å². The molecule has 352 valence electrons. The monoisotopic (exact) mass is 861 g/mol. The number of carboxylic acids is 2. The Kier molecular flexibility index (Phi) is 19.2. The summed E-state index contributed by atoms with van der Waals surface area (Å²) in [6, 6.07) is 0. The second kappa shape index (κ2) is 22.1. The van der Waals surface area contributed by atoms with Gasteiger partial charge in [0.05, 0.1) is 18.1 Å². The van der Waals surface area contributed by atoms with Crippen molar-refractivity contribution in [2.45, 2.75) is 164 Å². The van der Waals surface area contributed by atoms with E-state index in [2.05, 4.69) is 46.2 Å². The molecule has 0 bridgehead atoms. The number of amides is 1. The maximum atomic E-state index is 12.3. The number of aliphatic carboxylic acids is 2. The number of fused-ring (bicyclic) bond motifs is 2. The zero-order valence-electron chi connectivity index (χ0n) is 39.6. The fraction of sp³-hybridized carbons (Fsp3) is 0.860. The van der Waals surface area contributed by atoms with E-state index in [-0.39, 0.29) is 76.7 Å². The highest BCUT2D eigenvalue weighted by molar-refractivity contribution is 5.77. The number of aliphatic hydroxyl groups is 4. The van der Waals surface area contributed by atoms with Crippen molar-refractivity contribution in [2.24, 2.45) is 86.6 Å². The molecule has 9 N–H and O–H groups in total. The van der Waals surface area contributed by atoms with Crippen LogP contribution in [-0.2, 0) is 14.4 Å². The van der Waals surface area contributed by atoms with Gasteiger partial charge in [0.25, 0.3) is 5.97 Å². The van der Waals surface area contributed by atoms with Crippen LogP contribution in [0.2, 0.25) is 0 Å². The van der Waals surface area contributed by atoms with Gasteiger partial charge in [0.15, 0.2) is 0 Å². The van der Waals surface area contributed by atoms with Crippen LogP contribution < -0.4 is 11.1 Å². The average Bonchev–Trinajstić information content (AvgIpc) is 3.68. The number of hydrogen-bond acceptors (Lipinski definition) is 8. The zero-order valence-corrected chi connectivity index (χ0v) is 39.6. The first-order valence-corrected chi connectivity index (χ1v) is 23.7. The maximum Gasteiger partial charge on any atom is 0.305 e. The Morgan fingerprint density at radius 3 is 1.39 bits per heavy atom. The van der Waals surface area contributed by atoms with E-state index < -0.39 is 11.9 Å². The number of carbonyl (C=O) groups excluding carboxylic acids is 1. The predicted molar refractivity (Wildman–Crippen MR) is 242 cm³/mol. The van der Waals surface area contributed by atoms with E-state index in [0.29, 0.717) is 41.9 Å². The highest BCUT2D eigenvalue weighted by atomic mass is 16.4. The molecule has 0 saturated heterocycles. The Hall–Kier alpha value is -2.31. The van der Waals surface area contributed by atoms with Crippen molar-refractivity contribution in [3.63, 3.8) is 0 Å². The van der Waals surface area contributed by atoms with Gasteiger partial charge in [-0.05, 0) is 165 Å². The maximum absolute atomic E-state index is 12.3. The molecule has 6 aliphatic carbocycles. The standard InChI is InChI=1S/C24H41NO3.C20H35NO2.C4H8O2.C2H4O2/c1-15(2)22(28)25-13-19-20-7-6-16(3)23(20,4)11-9-21(19)24(5)10-8-18(27)12-17(24)14-26;1-13-4-5-17-16(11-21)18(7-9-19(13,17)2)20(3)8-6-15(23)10-14(20)12-22;1-3(2)4(5)6;1-2(3)4/h15,17-21,26-27H,3,6-14H2,1-2,4-5H3,(H,25,28);14-18,22-23H,1,4-12,21H2,2-3H3;3H,1-2H3,(H,5,6);1H3,(H,3,4)/t17-,18+,19+,20+,21+,23-,24+;14-,15+,16+,17+,18+,19-,20+;;/m11../s1. The second-order valence-corrected chi connectivity index (χ2v) is 21.7. The van der Waals surface area contributed by atoms with E-state index >= 15 is 0 Å². The molecule has 61 heavy (non-hydrogen) atoms. The number of allylic oxidation sites excluding steroid dienone is 2. The molecule has 6 fully saturated rings. The molecule has 0 aromatic heterocycles. The Morgan fingerprint density at radius 2 is 1.05 bits per heavy atom. The highest BCUT2D eigenvalue weighted by Gasteiger charge is 2.58. The molecule has 0 heterocycles. The molecule has 0 aliphatic heterocycles. The summed E-state index contributed by atoms with van der Waals surface area (Å²) < 4.78 is 0. The van der Waals surface area contributed by atoms with Gasteiger partial charge in [0, 0.05) is 32.6 Å². The number of carbonyl (C=O) groups is 3. The largest absolute Gasteiger partial charge is 0.481 e. The van der Waals surface area contributed by atoms with Crippen LogP contribution in [0.5, 0.6) is 0 Å². The van der Waals surface area contributed by atoms with E-state index in [9.17, 15) is 30.0 Å². The fourth-order valence-electron chi connectivity index (χ4n) is 13.4. The number of nitrogens with two attached hydrogens (primary N) is 1. The number of hydrogen-bond donors (Lipinski definition) is 8. The van der Waals surface area contributed by atoms with Gasteiger partial charge >= 0.3 is 5.97 Å². The van der Waals surface area contributed by atoms with E-state index in [1.54, 1.807) is 13.8 Å². The van der Waals surface area contributed by atoms with Crippen molar-refractivity contribution in [1.29, 1.82) is 0 Å². The van der Waals surface area contributed by atoms with Crippen molar-refractivity contribution < 1.29 is 45.0 Å². The van der Waals surface area contributed by atoms with Crippen molar-refractivity contribution in [1.82, 2.24) is 5.32 Å². The summed E-state index contributed by atoms with van der Waals surface area (Å²) in [5.41, 5.74) is 9.71. The van der Waals surface area contributed by atoms with Gasteiger partial charge in [-0.3, -0.25) is 14.4 Å². The Labute approximate surface area is 368 Å². The molecule has 1 amide bonds. The molecule has 0 spiro atoms. The number of rotatable bonds is 9. The molecule has 6 aliphatic rings. The van der Waals surface area contributed by atoms with Gasteiger partial charge in [-0.1, -0.05) is 79.7 Å². The summed E-state index contributed by atoms with van der Waals surface area (Å²) in [5, 5.41) is 59.0. The van der Waals surface area contributed by atoms with Crippen LogP contribution in [0.4, 0.5) is 0 Å². The second-order valence-electron chi connectivity index (χ2n) is 21.7. The lowest BCUT2D eigenvalue weighted by molar-refractivity contribution is -0.140. The molecule has 11 nitrogen and oxygen atoms in total. The van der Waals surface area contributed by atoms with Crippen molar-refractivity contribution in [2.75, 3.05) is 26.3 Å². The molecule has 0 aromatic carbocycles. The van der Waals surface area contributed by atoms with Gasteiger partial charge in [0.2, 0.25) is 5.91 Å². The van der Waals surface area contributed by atoms with Crippen LogP contribution in [0.25, 0.3) is 0 Å². The third kappa shape index (κ3) is 11.9. The van der Waals surface area contributed by atoms with E-state index in [1.165, 1.54) is 30.4 Å².